The smallest absolute Gasteiger partial charge is 0.0971 e. The Morgan fingerprint density at radius 3 is 1.47 bits per heavy atom. The van der Waals surface area contributed by atoms with E-state index in [4.69, 9.17) is 9.97 Å². The maximum atomic E-state index is 4.75. The predicted molar refractivity (Wildman–Crippen MR) is 268 cm³/mol. The maximum Gasteiger partial charge on any atom is 0.0971 e. The Hall–Kier alpha value is -8.14. The van der Waals surface area contributed by atoms with Crippen molar-refractivity contribution >= 4 is 54.4 Å². The number of fused-ring (bicyclic) bond motifs is 12. The Kier molecular flexibility index (Phi) is 7.95. The molecule has 64 heavy (non-hydrogen) atoms. The summed E-state index contributed by atoms with van der Waals surface area (Å²) in [6, 6.07) is 73.8. The van der Waals surface area contributed by atoms with Crippen molar-refractivity contribution in [2.24, 2.45) is 0 Å². The van der Waals surface area contributed by atoms with Crippen LogP contribution in [0.3, 0.4) is 0 Å². The average Bonchev–Trinajstić information content (AvgIpc) is 3.81. The first kappa shape index (κ1) is 36.5. The van der Waals surface area contributed by atoms with Gasteiger partial charge in [0.25, 0.3) is 0 Å². The van der Waals surface area contributed by atoms with Crippen LogP contribution in [0, 0.1) is 0 Å². The molecule has 0 saturated heterocycles. The van der Waals surface area contributed by atoms with Crippen LogP contribution in [0.25, 0.3) is 116 Å². The van der Waals surface area contributed by atoms with E-state index in [1.165, 1.54) is 105 Å². The summed E-state index contributed by atoms with van der Waals surface area (Å²) in [6.07, 6.45) is 3.57. The first-order valence-electron chi connectivity index (χ1n) is 22.1. The molecule has 13 rings (SSSR count). The number of hydrogen-bond donors (Lipinski definition) is 0. The van der Waals surface area contributed by atoms with E-state index in [0.29, 0.717) is 0 Å². The summed E-state index contributed by atoms with van der Waals surface area (Å²) in [6.45, 7) is 4.76. The Bertz CT molecular complexity index is 3820. The molecule has 12 aromatic rings. The van der Waals surface area contributed by atoms with Gasteiger partial charge in [0.2, 0.25) is 0 Å². The Morgan fingerprint density at radius 1 is 0.328 bits per heavy atom. The molecule has 0 N–H and O–H groups in total. The molecular weight excluding hydrogens is 775 g/mol. The van der Waals surface area contributed by atoms with Gasteiger partial charge in [0.15, 0.2) is 0 Å². The molecule has 0 unspecified atom stereocenters. The minimum absolute atomic E-state index is 0.160. The number of aromatic nitrogens is 3. The highest BCUT2D eigenvalue weighted by atomic mass is 15.0. The molecule has 2 aromatic heterocycles. The molecule has 300 valence electrons. The lowest BCUT2D eigenvalue weighted by Crippen LogP contribution is -2.15. The van der Waals surface area contributed by atoms with Gasteiger partial charge in [-0.25, -0.2) is 0 Å². The minimum atomic E-state index is -0.160. The molecule has 0 bridgehead atoms. The van der Waals surface area contributed by atoms with Crippen LogP contribution >= 0.6 is 0 Å². The number of nitrogens with zero attached hydrogens (tertiary/aromatic N) is 3. The van der Waals surface area contributed by atoms with Crippen LogP contribution in [-0.2, 0) is 5.41 Å². The lowest BCUT2D eigenvalue weighted by atomic mass is 9.80. The van der Waals surface area contributed by atoms with Crippen molar-refractivity contribution in [2.75, 3.05) is 0 Å². The SMILES string of the molecule is CC1(C)c2cc(-c3ccc(-c4ccc5c(c4)c4ccccc4c4nccnc54)cc3)ccc2-c2ccc(-c3cccc(-c4ccc5c6ccccc6n(-c6ccccc6)c5c4)c3)cc21. The van der Waals surface area contributed by atoms with Gasteiger partial charge in [-0.2, -0.15) is 0 Å². The van der Waals surface area contributed by atoms with E-state index in [9.17, 15) is 0 Å². The largest absolute Gasteiger partial charge is 0.309 e. The van der Waals surface area contributed by atoms with E-state index in [-0.39, 0.29) is 5.41 Å². The predicted octanol–water partition coefficient (Wildman–Crippen LogP) is 16.0. The molecule has 0 radical (unpaired) electrons. The van der Waals surface area contributed by atoms with Gasteiger partial charge in [-0.15, -0.1) is 0 Å². The van der Waals surface area contributed by atoms with E-state index in [1.54, 1.807) is 12.4 Å². The quantitative estimate of drug-likeness (QED) is 0.162. The van der Waals surface area contributed by atoms with Gasteiger partial charge in [0, 0.05) is 45.0 Å². The molecule has 0 aliphatic heterocycles. The minimum Gasteiger partial charge on any atom is -0.309 e. The van der Waals surface area contributed by atoms with Crippen LogP contribution in [0.1, 0.15) is 25.0 Å². The summed E-state index contributed by atoms with van der Waals surface area (Å²) in [5.41, 5.74) is 20.4. The summed E-state index contributed by atoms with van der Waals surface area (Å²) in [5, 5.41) is 7.19. The standard InChI is InChI=1S/C61H41N3/c1-61(2)55-35-43(39-21-19-38(20-22-39)42-26-30-53-54(34-42)47-15-6-7-17-52(47)59-60(53)63-32-31-62-59)23-27-48(55)49-28-24-44(36-56(49)61)40-11-10-12-41(33-40)45-25-29-51-50-16-8-9-18-57(50)64(58(51)37-45)46-13-4-3-5-14-46/h3-37H,1-2H3. The molecule has 0 fully saturated rings. The van der Waals surface area contributed by atoms with Crippen molar-refractivity contribution in [3.05, 3.63) is 224 Å². The lowest BCUT2D eigenvalue weighted by molar-refractivity contribution is 0.661. The zero-order valence-electron chi connectivity index (χ0n) is 35.5. The van der Waals surface area contributed by atoms with Gasteiger partial charge in [0.1, 0.15) is 0 Å². The zero-order chi connectivity index (χ0) is 42.5. The molecule has 1 aliphatic carbocycles. The van der Waals surface area contributed by atoms with Crippen LogP contribution in [0.4, 0.5) is 0 Å². The van der Waals surface area contributed by atoms with E-state index in [1.807, 2.05) is 0 Å². The highest BCUT2D eigenvalue weighted by Crippen LogP contribution is 2.51. The van der Waals surface area contributed by atoms with E-state index in [2.05, 4.69) is 219 Å². The van der Waals surface area contributed by atoms with Gasteiger partial charge >= 0.3 is 0 Å². The van der Waals surface area contributed by atoms with Crippen LogP contribution < -0.4 is 0 Å². The van der Waals surface area contributed by atoms with Crippen molar-refractivity contribution in [3.63, 3.8) is 0 Å². The van der Waals surface area contributed by atoms with Crippen molar-refractivity contribution in [1.29, 1.82) is 0 Å². The van der Waals surface area contributed by atoms with Gasteiger partial charge in [0.05, 0.1) is 22.1 Å². The Morgan fingerprint density at radius 2 is 0.797 bits per heavy atom. The molecule has 3 nitrogen and oxygen atoms in total. The van der Waals surface area contributed by atoms with Gasteiger partial charge in [-0.05, 0) is 126 Å². The normalized spacial score (nSPS) is 13.0. The van der Waals surface area contributed by atoms with Crippen molar-refractivity contribution in [3.8, 4) is 61.3 Å². The Labute approximate surface area is 371 Å². The zero-order valence-corrected chi connectivity index (χ0v) is 35.5. The number of hydrogen-bond acceptors (Lipinski definition) is 2. The summed E-state index contributed by atoms with van der Waals surface area (Å²) in [5.74, 6) is 0. The van der Waals surface area contributed by atoms with Gasteiger partial charge in [-0.1, -0.05) is 166 Å². The number of rotatable bonds is 5. The number of benzene rings is 10. The molecular formula is C61H41N3. The van der Waals surface area contributed by atoms with E-state index >= 15 is 0 Å². The molecule has 1 aliphatic rings. The molecule has 10 aromatic carbocycles. The highest BCUT2D eigenvalue weighted by molar-refractivity contribution is 6.23. The van der Waals surface area contributed by atoms with Crippen LogP contribution in [0.5, 0.6) is 0 Å². The summed E-state index contributed by atoms with van der Waals surface area (Å²) in [4.78, 5) is 9.45. The van der Waals surface area contributed by atoms with Gasteiger partial charge < -0.3 is 4.57 Å². The first-order chi connectivity index (χ1) is 31.5. The fourth-order valence-electron chi connectivity index (χ4n) is 10.6. The monoisotopic (exact) mass is 815 g/mol. The fraction of sp³-hybridized carbons (Fsp3) is 0.0492. The lowest BCUT2D eigenvalue weighted by Gasteiger charge is -2.23. The van der Waals surface area contributed by atoms with Crippen LogP contribution in [-0.4, -0.2) is 14.5 Å². The molecule has 0 atom stereocenters. The second-order valence-corrected chi connectivity index (χ2v) is 17.8. The van der Waals surface area contributed by atoms with Crippen molar-refractivity contribution in [2.45, 2.75) is 19.3 Å². The van der Waals surface area contributed by atoms with Gasteiger partial charge in [-0.3, -0.25) is 9.97 Å². The first-order valence-corrected chi connectivity index (χ1v) is 22.1. The van der Waals surface area contributed by atoms with Crippen molar-refractivity contribution < 1.29 is 0 Å². The summed E-state index contributed by atoms with van der Waals surface area (Å²) >= 11 is 0. The Balaban J connectivity index is 0.815. The molecule has 3 heteroatoms. The molecule has 0 saturated carbocycles. The maximum absolute atomic E-state index is 4.75. The molecule has 2 heterocycles. The topological polar surface area (TPSA) is 30.7 Å². The summed E-state index contributed by atoms with van der Waals surface area (Å²) < 4.78 is 2.39. The van der Waals surface area contributed by atoms with E-state index in [0.717, 1.165) is 21.8 Å². The molecule has 0 amide bonds. The fourth-order valence-corrected chi connectivity index (χ4v) is 10.6. The third-order valence-corrected chi connectivity index (χ3v) is 13.9. The number of para-hydroxylation sites is 2. The molecule has 0 spiro atoms. The average molecular weight is 816 g/mol. The van der Waals surface area contributed by atoms with Crippen LogP contribution in [0.2, 0.25) is 0 Å². The second-order valence-electron chi connectivity index (χ2n) is 17.8. The second kappa shape index (κ2) is 13.9. The van der Waals surface area contributed by atoms with E-state index < -0.39 is 0 Å². The van der Waals surface area contributed by atoms with Crippen molar-refractivity contribution in [1.82, 2.24) is 14.5 Å². The highest BCUT2D eigenvalue weighted by Gasteiger charge is 2.36. The summed E-state index contributed by atoms with van der Waals surface area (Å²) in [7, 11) is 0. The van der Waals surface area contributed by atoms with Crippen LogP contribution in [0.15, 0.2) is 213 Å². The third-order valence-electron chi connectivity index (χ3n) is 13.9. The third kappa shape index (κ3) is 5.54.